The van der Waals surface area contributed by atoms with Crippen molar-refractivity contribution >= 4 is 5.97 Å². The molecule has 0 aliphatic carbocycles. The second-order valence-corrected chi connectivity index (χ2v) is 4.40. The minimum Gasteiger partial charge on any atom is -0.481 e. The van der Waals surface area contributed by atoms with Crippen LogP contribution in [0.4, 0.5) is 0 Å². The summed E-state index contributed by atoms with van der Waals surface area (Å²) < 4.78 is 5.49. The van der Waals surface area contributed by atoms with Crippen molar-refractivity contribution in [3.63, 3.8) is 0 Å². The van der Waals surface area contributed by atoms with Crippen LogP contribution in [0.2, 0.25) is 0 Å². The molecular formula is C11H20O4. The van der Waals surface area contributed by atoms with Crippen LogP contribution in [0.5, 0.6) is 0 Å². The molecule has 3 unspecified atom stereocenters. The Bertz CT molecular complexity index is 227. The summed E-state index contributed by atoms with van der Waals surface area (Å²) >= 11 is 0. The van der Waals surface area contributed by atoms with Gasteiger partial charge in [-0.1, -0.05) is 13.3 Å². The SMILES string of the molecule is CCCC1CC(O)(C(C)C(=O)O)CCO1. The van der Waals surface area contributed by atoms with Crippen molar-refractivity contribution in [2.45, 2.75) is 51.2 Å². The molecule has 4 nitrogen and oxygen atoms in total. The Labute approximate surface area is 90.2 Å². The molecular weight excluding hydrogens is 196 g/mol. The van der Waals surface area contributed by atoms with Crippen molar-refractivity contribution in [1.29, 1.82) is 0 Å². The van der Waals surface area contributed by atoms with Gasteiger partial charge in [0.1, 0.15) is 0 Å². The van der Waals surface area contributed by atoms with E-state index < -0.39 is 17.5 Å². The molecule has 0 bridgehead atoms. The van der Waals surface area contributed by atoms with E-state index in [2.05, 4.69) is 6.92 Å². The third-order valence-electron chi connectivity index (χ3n) is 3.26. The summed E-state index contributed by atoms with van der Waals surface area (Å²) in [6.45, 7) is 4.08. The van der Waals surface area contributed by atoms with E-state index in [1.54, 1.807) is 6.92 Å². The average molecular weight is 216 g/mol. The summed E-state index contributed by atoms with van der Waals surface area (Å²) in [5.41, 5.74) is -1.09. The van der Waals surface area contributed by atoms with Gasteiger partial charge in [-0.3, -0.25) is 4.79 Å². The molecule has 15 heavy (non-hydrogen) atoms. The Morgan fingerprint density at radius 3 is 2.87 bits per heavy atom. The first kappa shape index (κ1) is 12.5. The van der Waals surface area contributed by atoms with E-state index >= 15 is 0 Å². The second kappa shape index (κ2) is 4.94. The van der Waals surface area contributed by atoms with Crippen LogP contribution in [0.1, 0.15) is 39.5 Å². The first-order valence-electron chi connectivity index (χ1n) is 5.56. The van der Waals surface area contributed by atoms with Crippen LogP contribution in [0.3, 0.4) is 0 Å². The molecule has 0 radical (unpaired) electrons. The van der Waals surface area contributed by atoms with Gasteiger partial charge in [0.2, 0.25) is 0 Å². The summed E-state index contributed by atoms with van der Waals surface area (Å²) in [4.78, 5) is 10.9. The number of aliphatic hydroxyl groups is 1. The van der Waals surface area contributed by atoms with Crippen molar-refractivity contribution in [2.24, 2.45) is 5.92 Å². The van der Waals surface area contributed by atoms with E-state index in [0.717, 1.165) is 12.8 Å². The van der Waals surface area contributed by atoms with Crippen LogP contribution in [0, 0.1) is 5.92 Å². The van der Waals surface area contributed by atoms with Crippen molar-refractivity contribution in [3.05, 3.63) is 0 Å². The Hall–Kier alpha value is -0.610. The third-order valence-corrected chi connectivity index (χ3v) is 3.26. The Balaban J connectivity index is 2.63. The molecule has 3 atom stereocenters. The van der Waals surface area contributed by atoms with E-state index in [1.807, 2.05) is 0 Å². The van der Waals surface area contributed by atoms with Gasteiger partial charge in [-0.05, 0) is 13.3 Å². The Kier molecular flexibility index (Phi) is 4.11. The normalized spacial score (nSPS) is 33.7. The zero-order chi connectivity index (χ0) is 11.5. The summed E-state index contributed by atoms with van der Waals surface area (Å²) in [6, 6.07) is 0. The minimum atomic E-state index is -1.09. The molecule has 88 valence electrons. The van der Waals surface area contributed by atoms with E-state index in [4.69, 9.17) is 9.84 Å². The molecule has 0 aromatic heterocycles. The summed E-state index contributed by atoms with van der Waals surface area (Å²) in [6.07, 6.45) is 2.74. The highest BCUT2D eigenvalue weighted by Gasteiger charge is 2.42. The van der Waals surface area contributed by atoms with E-state index in [1.165, 1.54) is 0 Å². The van der Waals surface area contributed by atoms with Crippen LogP contribution in [-0.2, 0) is 9.53 Å². The maximum Gasteiger partial charge on any atom is 0.309 e. The number of carboxylic acids is 1. The maximum absolute atomic E-state index is 10.9. The molecule has 1 rings (SSSR count). The fraction of sp³-hybridized carbons (Fsp3) is 0.909. The van der Waals surface area contributed by atoms with Gasteiger partial charge in [-0.15, -0.1) is 0 Å². The van der Waals surface area contributed by atoms with Crippen molar-refractivity contribution in [1.82, 2.24) is 0 Å². The molecule has 0 aromatic rings. The summed E-state index contributed by atoms with van der Waals surface area (Å²) in [7, 11) is 0. The highest BCUT2D eigenvalue weighted by Crippen LogP contribution is 2.33. The van der Waals surface area contributed by atoms with E-state index in [-0.39, 0.29) is 6.10 Å². The summed E-state index contributed by atoms with van der Waals surface area (Å²) in [5, 5.41) is 19.2. The van der Waals surface area contributed by atoms with Crippen molar-refractivity contribution < 1.29 is 19.7 Å². The number of hydrogen-bond acceptors (Lipinski definition) is 3. The smallest absolute Gasteiger partial charge is 0.309 e. The average Bonchev–Trinajstić information content (AvgIpc) is 2.17. The van der Waals surface area contributed by atoms with Crippen LogP contribution in [-0.4, -0.2) is 34.5 Å². The lowest BCUT2D eigenvalue weighted by Gasteiger charge is -2.39. The molecule has 1 fully saturated rings. The van der Waals surface area contributed by atoms with Gasteiger partial charge in [-0.2, -0.15) is 0 Å². The standard InChI is InChI=1S/C11H20O4/c1-3-4-9-7-11(14,5-6-15-9)8(2)10(12)13/h8-9,14H,3-7H2,1-2H3,(H,12,13). The molecule has 0 spiro atoms. The number of ether oxygens (including phenoxy) is 1. The first-order chi connectivity index (χ1) is 6.99. The Morgan fingerprint density at radius 2 is 2.33 bits per heavy atom. The van der Waals surface area contributed by atoms with Gasteiger partial charge in [0.05, 0.1) is 17.6 Å². The summed E-state index contributed by atoms with van der Waals surface area (Å²) in [5.74, 6) is -1.66. The van der Waals surface area contributed by atoms with Gasteiger partial charge in [0.15, 0.2) is 0 Å². The number of carbonyl (C=O) groups is 1. The molecule has 1 aliphatic heterocycles. The Morgan fingerprint density at radius 1 is 1.67 bits per heavy atom. The largest absolute Gasteiger partial charge is 0.481 e. The predicted octanol–water partition coefficient (Wildman–Crippen LogP) is 1.42. The molecule has 0 saturated carbocycles. The van der Waals surface area contributed by atoms with Gasteiger partial charge < -0.3 is 14.9 Å². The monoisotopic (exact) mass is 216 g/mol. The van der Waals surface area contributed by atoms with Crippen LogP contribution in [0.25, 0.3) is 0 Å². The number of rotatable bonds is 4. The fourth-order valence-corrected chi connectivity index (χ4v) is 2.09. The van der Waals surface area contributed by atoms with Gasteiger partial charge in [-0.25, -0.2) is 0 Å². The van der Waals surface area contributed by atoms with Gasteiger partial charge in [0.25, 0.3) is 0 Å². The fourth-order valence-electron chi connectivity index (χ4n) is 2.09. The molecule has 1 aliphatic rings. The van der Waals surface area contributed by atoms with Gasteiger partial charge in [0, 0.05) is 19.4 Å². The topological polar surface area (TPSA) is 66.8 Å². The molecule has 0 amide bonds. The van der Waals surface area contributed by atoms with E-state index in [9.17, 15) is 9.90 Å². The lowest BCUT2D eigenvalue weighted by Crippen LogP contribution is -2.48. The van der Waals surface area contributed by atoms with Crippen molar-refractivity contribution in [2.75, 3.05) is 6.61 Å². The highest BCUT2D eigenvalue weighted by atomic mass is 16.5. The first-order valence-corrected chi connectivity index (χ1v) is 5.56. The highest BCUT2D eigenvalue weighted by molar-refractivity contribution is 5.71. The third kappa shape index (κ3) is 2.92. The number of hydrogen-bond donors (Lipinski definition) is 2. The molecule has 2 N–H and O–H groups in total. The second-order valence-electron chi connectivity index (χ2n) is 4.40. The number of aliphatic carboxylic acids is 1. The molecule has 4 heteroatoms. The van der Waals surface area contributed by atoms with Crippen molar-refractivity contribution in [3.8, 4) is 0 Å². The van der Waals surface area contributed by atoms with Crippen LogP contribution in [0.15, 0.2) is 0 Å². The zero-order valence-electron chi connectivity index (χ0n) is 9.40. The molecule has 1 saturated heterocycles. The number of carboxylic acid groups (broad SMARTS) is 1. The lowest BCUT2D eigenvalue weighted by molar-refractivity contribution is -0.165. The predicted molar refractivity (Wildman–Crippen MR) is 55.6 cm³/mol. The van der Waals surface area contributed by atoms with Crippen LogP contribution < -0.4 is 0 Å². The zero-order valence-corrected chi connectivity index (χ0v) is 9.40. The molecule has 0 aromatic carbocycles. The van der Waals surface area contributed by atoms with E-state index in [0.29, 0.717) is 19.4 Å². The van der Waals surface area contributed by atoms with Gasteiger partial charge >= 0.3 is 5.97 Å². The minimum absolute atomic E-state index is 0.00977. The van der Waals surface area contributed by atoms with Crippen LogP contribution >= 0.6 is 0 Å². The quantitative estimate of drug-likeness (QED) is 0.745. The molecule has 1 heterocycles. The lowest BCUT2D eigenvalue weighted by atomic mass is 9.79. The maximum atomic E-state index is 10.9.